The summed E-state index contributed by atoms with van der Waals surface area (Å²) in [5, 5.41) is 2.57. The Morgan fingerprint density at radius 3 is 3.10 bits per heavy atom. The van der Waals surface area contributed by atoms with E-state index in [-0.39, 0.29) is 12.1 Å². The van der Waals surface area contributed by atoms with Gasteiger partial charge in [-0.25, -0.2) is 9.37 Å². The van der Waals surface area contributed by atoms with Crippen molar-refractivity contribution in [3.63, 3.8) is 0 Å². The number of fused-ring (bicyclic) bond motifs is 1. The van der Waals surface area contributed by atoms with Crippen LogP contribution in [0.3, 0.4) is 0 Å². The van der Waals surface area contributed by atoms with Gasteiger partial charge in [0.15, 0.2) is 11.2 Å². The predicted molar refractivity (Wildman–Crippen MR) is 67.2 cm³/mol. The van der Waals surface area contributed by atoms with Gasteiger partial charge in [0, 0.05) is 12.4 Å². The average Bonchev–Trinajstić information content (AvgIpc) is 2.87. The summed E-state index contributed by atoms with van der Waals surface area (Å²) in [4.78, 5) is 23.5. The Labute approximate surface area is 112 Å². The first-order valence-corrected chi connectivity index (χ1v) is 5.81. The first-order valence-electron chi connectivity index (χ1n) is 5.81. The van der Waals surface area contributed by atoms with Gasteiger partial charge in [-0.05, 0) is 18.2 Å². The van der Waals surface area contributed by atoms with Crippen molar-refractivity contribution in [1.29, 1.82) is 0 Å². The SMILES string of the molecule is O=C(NCc1nc2ncccc2o1)c1cncc(F)c1. The molecule has 0 aromatic carbocycles. The number of oxazole rings is 1. The molecule has 3 heterocycles. The van der Waals surface area contributed by atoms with Gasteiger partial charge in [0.2, 0.25) is 5.89 Å². The number of carbonyl (C=O) groups is 1. The summed E-state index contributed by atoms with van der Waals surface area (Å²) in [6, 6.07) is 4.57. The standard InChI is InChI=1S/C13H9FN4O2/c14-9-4-8(5-15-6-9)13(19)17-7-11-18-12-10(20-11)2-1-3-16-12/h1-6H,7H2,(H,17,19). The Balaban J connectivity index is 1.71. The highest BCUT2D eigenvalue weighted by Gasteiger charge is 2.10. The Bertz CT molecular complexity index is 739. The number of amides is 1. The molecule has 3 aromatic heterocycles. The topological polar surface area (TPSA) is 80.9 Å². The molecular formula is C13H9FN4O2. The van der Waals surface area contributed by atoms with Gasteiger partial charge in [0.05, 0.1) is 18.3 Å². The summed E-state index contributed by atoms with van der Waals surface area (Å²) in [5.41, 5.74) is 1.16. The number of carbonyl (C=O) groups excluding carboxylic acids is 1. The zero-order valence-corrected chi connectivity index (χ0v) is 10.2. The Kier molecular flexibility index (Phi) is 3.08. The van der Waals surface area contributed by atoms with Crippen molar-refractivity contribution in [2.45, 2.75) is 6.54 Å². The molecule has 20 heavy (non-hydrogen) atoms. The Morgan fingerprint density at radius 1 is 1.40 bits per heavy atom. The smallest absolute Gasteiger partial charge is 0.253 e. The minimum absolute atomic E-state index is 0.0890. The van der Waals surface area contributed by atoms with E-state index >= 15 is 0 Å². The largest absolute Gasteiger partial charge is 0.437 e. The maximum Gasteiger partial charge on any atom is 0.253 e. The molecule has 0 atom stereocenters. The lowest BCUT2D eigenvalue weighted by molar-refractivity contribution is 0.0946. The van der Waals surface area contributed by atoms with Crippen molar-refractivity contribution in [2.75, 3.05) is 0 Å². The summed E-state index contributed by atoms with van der Waals surface area (Å²) in [5.74, 6) is -0.688. The number of rotatable bonds is 3. The van der Waals surface area contributed by atoms with Gasteiger partial charge in [-0.15, -0.1) is 0 Å². The highest BCUT2D eigenvalue weighted by molar-refractivity contribution is 5.93. The Hall–Kier alpha value is -2.83. The number of hydrogen-bond acceptors (Lipinski definition) is 5. The van der Waals surface area contributed by atoms with Crippen LogP contribution in [-0.4, -0.2) is 20.9 Å². The minimum atomic E-state index is -0.566. The van der Waals surface area contributed by atoms with Crippen LogP contribution in [0.25, 0.3) is 11.2 Å². The van der Waals surface area contributed by atoms with Gasteiger partial charge < -0.3 is 9.73 Å². The second-order valence-electron chi connectivity index (χ2n) is 4.01. The van der Waals surface area contributed by atoms with Gasteiger partial charge in [0.1, 0.15) is 5.82 Å². The molecule has 1 N–H and O–H groups in total. The second-order valence-corrected chi connectivity index (χ2v) is 4.01. The van der Waals surface area contributed by atoms with Gasteiger partial charge in [0.25, 0.3) is 5.91 Å². The lowest BCUT2D eigenvalue weighted by Gasteiger charge is -2.01. The first kappa shape index (κ1) is 12.2. The number of nitrogens with one attached hydrogen (secondary N) is 1. The Morgan fingerprint density at radius 2 is 2.30 bits per heavy atom. The molecule has 0 saturated carbocycles. The van der Waals surface area contributed by atoms with Gasteiger partial charge in [-0.2, -0.15) is 4.98 Å². The monoisotopic (exact) mass is 272 g/mol. The lowest BCUT2D eigenvalue weighted by Crippen LogP contribution is -2.23. The minimum Gasteiger partial charge on any atom is -0.437 e. The third kappa shape index (κ3) is 2.46. The molecule has 0 fully saturated rings. The number of hydrogen-bond donors (Lipinski definition) is 1. The summed E-state index contributed by atoms with van der Waals surface area (Å²) >= 11 is 0. The van der Waals surface area contributed by atoms with Crippen molar-refractivity contribution < 1.29 is 13.6 Å². The maximum absolute atomic E-state index is 12.9. The summed E-state index contributed by atoms with van der Waals surface area (Å²) in [7, 11) is 0. The van der Waals surface area contributed by atoms with E-state index in [1.165, 1.54) is 6.20 Å². The molecule has 0 radical (unpaired) electrons. The van der Waals surface area contributed by atoms with Crippen LogP contribution >= 0.6 is 0 Å². The van der Waals surface area contributed by atoms with E-state index in [4.69, 9.17) is 4.42 Å². The van der Waals surface area contributed by atoms with E-state index in [1.807, 2.05) is 0 Å². The molecule has 0 unspecified atom stereocenters. The lowest BCUT2D eigenvalue weighted by atomic mass is 10.2. The van der Waals surface area contributed by atoms with E-state index in [0.29, 0.717) is 17.1 Å². The van der Waals surface area contributed by atoms with Crippen LogP contribution in [0.1, 0.15) is 16.2 Å². The normalized spacial score (nSPS) is 10.7. The summed E-state index contributed by atoms with van der Waals surface area (Å²) < 4.78 is 18.3. The van der Waals surface area contributed by atoms with E-state index in [1.54, 1.807) is 18.3 Å². The number of halogens is 1. The summed E-state index contributed by atoms with van der Waals surface area (Å²) in [6.07, 6.45) is 3.92. The molecule has 100 valence electrons. The van der Waals surface area contributed by atoms with E-state index in [0.717, 1.165) is 12.3 Å². The maximum atomic E-state index is 12.9. The van der Waals surface area contributed by atoms with Gasteiger partial charge in [-0.3, -0.25) is 9.78 Å². The van der Waals surface area contributed by atoms with Crippen LogP contribution in [0.5, 0.6) is 0 Å². The van der Waals surface area contributed by atoms with Crippen molar-refractivity contribution in [2.24, 2.45) is 0 Å². The third-order valence-corrected chi connectivity index (χ3v) is 2.58. The van der Waals surface area contributed by atoms with Crippen LogP contribution in [0.15, 0.2) is 41.2 Å². The first-order chi connectivity index (χ1) is 9.72. The van der Waals surface area contributed by atoms with Crippen LogP contribution in [-0.2, 0) is 6.54 Å². The molecule has 0 spiro atoms. The predicted octanol–water partition coefficient (Wildman–Crippen LogP) is 1.69. The zero-order valence-electron chi connectivity index (χ0n) is 10.2. The van der Waals surface area contributed by atoms with Crippen molar-refractivity contribution in [1.82, 2.24) is 20.3 Å². The van der Waals surface area contributed by atoms with Crippen LogP contribution in [0.4, 0.5) is 4.39 Å². The second kappa shape index (κ2) is 5.04. The molecular weight excluding hydrogens is 263 g/mol. The van der Waals surface area contributed by atoms with Crippen molar-refractivity contribution in [3.05, 3.63) is 54.1 Å². The van der Waals surface area contributed by atoms with E-state index in [2.05, 4.69) is 20.3 Å². The molecule has 0 aliphatic rings. The molecule has 0 aliphatic heterocycles. The molecule has 0 bridgehead atoms. The molecule has 3 aromatic rings. The van der Waals surface area contributed by atoms with Crippen LogP contribution < -0.4 is 5.32 Å². The van der Waals surface area contributed by atoms with Gasteiger partial charge in [-0.1, -0.05) is 0 Å². The average molecular weight is 272 g/mol. The third-order valence-electron chi connectivity index (χ3n) is 2.58. The van der Waals surface area contributed by atoms with Gasteiger partial charge >= 0.3 is 0 Å². The number of nitrogens with zero attached hydrogens (tertiary/aromatic N) is 3. The fraction of sp³-hybridized carbons (Fsp3) is 0.0769. The van der Waals surface area contributed by atoms with Crippen LogP contribution in [0.2, 0.25) is 0 Å². The highest BCUT2D eigenvalue weighted by Crippen LogP contribution is 2.12. The molecule has 0 saturated heterocycles. The van der Waals surface area contributed by atoms with Crippen LogP contribution in [0, 0.1) is 5.82 Å². The van der Waals surface area contributed by atoms with E-state index in [9.17, 15) is 9.18 Å². The molecule has 6 nitrogen and oxygen atoms in total. The summed E-state index contributed by atoms with van der Waals surface area (Å²) in [6.45, 7) is 0.0890. The number of pyridine rings is 2. The fourth-order valence-electron chi connectivity index (χ4n) is 1.68. The molecule has 3 rings (SSSR count). The van der Waals surface area contributed by atoms with Crippen molar-refractivity contribution in [3.8, 4) is 0 Å². The fourth-order valence-corrected chi connectivity index (χ4v) is 1.68. The number of aromatic nitrogens is 3. The quantitative estimate of drug-likeness (QED) is 0.784. The zero-order chi connectivity index (χ0) is 13.9. The van der Waals surface area contributed by atoms with E-state index < -0.39 is 11.7 Å². The molecule has 0 aliphatic carbocycles. The molecule has 7 heteroatoms. The van der Waals surface area contributed by atoms with Crippen molar-refractivity contribution >= 4 is 17.1 Å². The molecule has 1 amide bonds. The highest BCUT2D eigenvalue weighted by atomic mass is 19.1.